The van der Waals surface area contributed by atoms with Crippen LogP contribution in [0.25, 0.3) is 0 Å². The van der Waals surface area contributed by atoms with Crippen LogP contribution in [-0.4, -0.2) is 37.4 Å². The zero-order valence-corrected chi connectivity index (χ0v) is 12.6. The molecule has 1 aromatic carbocycles. The van der Waals surface area contributed by atoms with Gasteiger partial charge in [0.1, 0.15) is 9.84 Å². The van der Waals surface area contributed by atoms with E-state index in [1.54, 1.807) is 30.3 Å². The average Bonchev–Trinajstić information content (AvgIpc) is 2.37. The van der Waals surface area contributed by atoms with E-state index in [0.29, 0.717) is 5.56 Å². The third kappa shape index (κ3) is 7.45. The molecule has 6 nitrogen and oxygen atoms in total. The molecule has 1 unspecified atom stereocenters. The van der Waals surface area contributed by atoms with Crippen molar-refractivity contribution in [2.75, 3.05) is 12.0 Å². The largest absolute Gasteiger partial charge is 0.481 e. The van der Waals surface area contributed by atoms with Gasteiger partial charge in [0, 0.05) is 12.7 Å². The molecule has 0 aliphatic heterocycles. The van der Waals surface area contributed by atoms with E-state index in [2.05, 4.69) is 5.32 Å². The lowest BCUT2D eigenvalue weighted by Crippen LogP contribution is -2.30. The van der Waals surface area contributed by atoms with E-state index in [1.807, 2.05) is 0 Å². The van der Waals surface area contributed by atoms with Crippen molar-refractivity contribution < 1.29 is 23.1 Å². The minimum Gasteiger partial charge on any atom is -0.481 e. The maximum atomic E-state index is 11.8. The van der Waals surface area contributed by atoms with Gasteiger partial charge in [-0.25, -0.2) is 8.42 Å². The first kappa shape index (κ1) is 17.2. The second-order valence-electron chi connectivity index (χ2n) is 4.86. The standard InChI is InChI=1S/C14H19NO5S/c1-21(19,20)9-5-8-13(16)15-12(10-14(17)18)11-6-3-2-4-7-11/h2-4,6-7,12H,5,8-10H2,1H3,(H,15,16)(H,17,18). The number of nitrogens with one attached hydrogen (secondary N) is 1. The van der Waals surface area contributed by atoms with Crippen LogP contribution in [0.2, 0.25) is 0 Å². The van der Waals surface area contributed by atoms with Crippen LogP contribution in [0.15, 0.2) is 30.3 Å². The molecule has 0 spiro atoms. The summed E-state index contributed by atoms with van der Waals surface area (Å²) in [5, 5.41) is 11.5. The van der Waals surface area contributed by atoms with Crippen molar-refractivity contribution in [3.05, 3.63) is 35.9 Å². The molecule has 21 heavy (non-hydrogen) atoms. The van der Waals surface area contributed by atoms with Gasteiger partial charge in [0.25, 0.3) is 0 Å². The van der Waals surface area contributed by atoms with Crippen LogP contribution in [0.1, 0.15) is 30.9 Å². The number of carboxylic acid groups (broad SMARTS) is 1. The van der Waals surface area contributed by atoms with Crippen molar-refractivity contribution in [2.24, 2.45) is 0 Å². The first-order valence-electron chi connectivity index (χ1n) is 6.52. The Morgan fingerprint density at radius 2 is 1.86 bits per heavy atom. The number of sulfone groups is 1. The Balaban J connectivity index is 2.61. The van der Waals surface area contributed by atoms with Crippen LogP contribution >= 0.6 is 0 Å². The van der Waals surface area contributed by atoms with E-state index < -0.39 is 21.8 Å². The summed E-state index contributed by atoms with van der Waals surface area (Å²) in [7, 11) is -3.09. The number of hydrogen-bond donors (Lipinski definition) is 2. The SMILES string of the molecule is CS(=O)(=O)CCCC(=O)NC(CC(=O)O)c1ccccc1. The number of carbonyl (C=O) groups excluding carboxylic acids is 1. The molecular weight excluding hydrogens is 294 g/mol. The number of benzene rings is 1. The van der Waals surface area contributed by atoms with Crippen LogP contribution in [0.3, 0.4) is 0 Å². The van der Waals surface area contributed by atoms with Crippen LogP contribution in [-0.2, 0) is 19.4 Å². The number of rotatable bonds is 8. The first-order valence-corrected chi connectivity index (χ1v) is 8.58. The third-order valence-electron chi connectivity index (χ3n) is 2.83. The maximum absolute atomic E-state index is 11.8. The van der Waals surface area contributed by atoms with Gasteiger partial charge in [0.2, 0.25) is 5.91 Å². The molecule has 2 N–H and O–H groups in total. The van der Waals surface area contributed by atoms with Gasteiger partial charge in [0.05, 0.1) is 18.2 Å². The molecule has 0 bridgehead atoms. The van der Waals surface area contributed by atoms with E-state index in [-0.39, 0.29) is 30.9 Å². The van der Waals surface area contributed by atoms with Gasteiger partial charge in [0.15, 0.2) is 0 Å². The topological polar surface area (TPSA) is 101 Å². The fourth-order valence-electron chi connectivity index (χ4n) is 1.87. The molecule has 7 heteroatoms. The Labute approximate surface area is 124 Å². The Morgan fingerprint density at radius 1 is 1.24 bits per heavy atom. The average molecular weight is 313 g/mol. The summed E-state index contributed by atoms with van der Waals surface area (Å²) < 4.78 is 22.0. The van der Waals surface area contributed by atoms with Gasteiger partial charge >= 0.3 is 5.97 Å². The Kier molecular flexibility index (Phi) is 6.36. The van der Waals surface area contributed by atoms with Gasteiger partial charge < -0.3 is 10.4 Å². The highest BCUT2D eigenvalue weighted by Crippen LogP contribution is 2.16. The summed E-state index contributed by atoms with van der Waals surface area (Å²) in [6.07, 6.45) is 1.17. The highest BCUT2D eigenvalue weighted by Gasteiger charge is 2.17. The summed E-state index contributed by atoms with van der Waals surface area (Å²) >= 11 is 0. The zero-order chi connectivity index (χ0) is 15.9. The number of carbonyl (C=O) groups is 2. The summed E-state index contributed by atoms with van der Waals surface area (Å²) in [5.41, 5.74) is 0.705. The van der Waals surface area contributed by atoms with Gasteiger partial charge in [-0.3, -0.25) is 9.59 Å². The van der Waals surface area contributed by atoms with E-state index in [1.165, 1.54) is 0 Å². The van der Waals surface area contributed by atoms with Crippen molar-refractivity contribution >= 4 is 21.7 Å². The first-order chi connectivity index (χ1) is 9.78. The predicted octanol–water partition coefficient (Wildman–Crippen LogP) is 1.14. The summed E-state index contributed by atoms with van der Waals surface area (Å²) in [5.74, 6) is -1.43. The van der Waals surface area contributed by atoms with Crippen molar-refractivity contribution in [3.8, 4) is 0 Å². The monoisotopic (exact) mass is 313 g/mol. The number of hydrogen-bond acceptors (Lipinski definition) is 4. The summed E-state index contributed by atoms with van der Waals surface area (Å²) in [6, 6.07) is 8.19. The molecule has 1 rings (SSSR count). The lowest BCUT2D eigenvalue weighted by atomic mass is 10.0. The second kappa shape index (κ2) is 7.78. The normalized spacial score (nSPS) is 12.6. The van der Waals surface area contributed by atoms with Crippen LogP contribution in [0.5, 0.6) is 0 Å². The van der Waals surface area contributed by atoms with Crippen molar-refractivity contribution in [1.82, 2.24) is 5.32 Å². The molecule has 1 atom stereocenters. The van der Waals surface area contributed by atoms with Gasteiger partial charge in [-0.05, 0) is 12.0 Å². The van der Waals surface area contributed by atoms with Crippen molar-refractivity contribution in [3.63, 3.8) is 0 Å². The highest BCUT2D eigenvalue weighted by molar-refractivity contribution is 7.90. The second-order valence-corrected chi connectivity index (χ2v) is 7.12. The van der Waals surface area contributed by atoms with Crippen molar-refractivity contribution in [1.29, 1.82) is 0 Å². The molecule has 116 valence electrons. The van der Waals surface area contributed by atoms with Crippen molar-refractivity contribution in [2.45, 2.75) is 25.3 Å². The molecule has 0 saturated heterocycles. The minimum atomic E-state index is -3.09. The summed E-state index contributed by atoms with van der Waals surface area (Å²) in [6.45, 7) is 0. The number of aliphatic carboxylic acids is 1. The van der Waals surface area contributed by atoms with E-state index in [9.17, 15) is 18.0 Å². The smallest absolute Gasteiger partial charge is 0.305 e. The zero-order valence-electron chi connectivity index (χ0n) is 11.8. The Morgan fingerprint density at radius 3 is 2.38 bits per heavy atom. The molecule has 0 aromatic heterocycles. The fraction of sp³-hybridized carbons (Fsp3) is 0.429. The summed E-state index contributed by atoms with van der Waals surface area (Å²) in [4.78, 5) is 22.7. The number of amides is 1. The fourth-order valence-corrected chi connectivity index (χ4v) is 2.54. The van der Waals surface area contributed by atoms with Crippen LogP contribution in [0.4, 0.5) is 0 Å². The molecule has 0 heterocycles. The molecule has 0 fully saturated rings. The molecule has 1 aromatic rings. The van der Waals surface area contributed by atoms with Gasteiger partial charge in [-0.1, -0.05) is 30.3 Å². The number of carboxylic acids is 1. The predicted molar refractivity (Wildman–Crippen MR) is 78.5 cm³/mol. The Bertz CT molecular complexity index is 583. The molecular formula is C14H19NO5S. The highest BCUT2D eigenvalue weighted by atomic mass is 32.2. The maximum Gasteiger partial charge on any atom is 0.305 e. The minimum absolute atomic E-state index is 0.0516. The molecule has 1 amide bonds. The van der Waals surface area contributed by atoms with E-state index >= 15 is 0 Å². The lowest BCUT2D eigenvalue weighted by Gasteiger charge is -2.17. The quantitative estimate of drug-likeness (QED) is 0.749. The third-order valence-corrected chi connectivity index (χ3v) is 3.87. The van der Waals surface area contributed by atoms with Crippen LogP contribution in [0, 0.1) is 0 Å². The molecule has 0 aliphatic carbocycles. The van der Waals surface area contributed by atoms with Gasteiger partial charge in [-0.15, -0.1) is 0 Å². The molecule has 0 aliphatic rings. The van der Waals surface area contributed by atoms with Gasteiger partial charge in [-0.2, -0.15) is 0 Å². The Hall–Kier alpha value is -1.89. The molecule has 0 saturated carbocycles. The molecule has 0 radical (unpaired) electrons. The van der Waals surface area contributed by atoms with Crippen LogP contribution < -0.4 is 5.32 Å². The van der Waals surface area contributed by atoms with E-state index in [4.69, 9.17) is 5.11 Å². The van der Waals surface area contributed by atoms with E-state index in [0.717, 1.165) is 6.26 Å². The lowest BCUT2D eigenvalue weighted by molar-refractivity contribution is -0.137.